The third kappa shape index (κ3) is 4.49. The van der Waals surface area contributed by atoms with E-state index in [0.29, 0.717) is 17.9 Å². The molecule has 0 aromatic carbocycles. The predicted octanol–water partition coefficient (Wildman–Crippen LogP) is 3.99. The Morgan fingerprint density at radius 1 is 1.39 bits per heavy atom. The van der Waals surface area contributed by atoms with Crippen molar-refractivity contribution in [1.29, 1.82) is 0 Å². The Morgan fingerprint density at radius 2 is 2.07 bits per heavy atom. The van der Waals surface area contributed by atoms with E-state index in [2.05, 4.69) is 10.3 Å². The number of hydrogen-bond acceptors (Lipinski definition) is 7. The average Bonchev–Trinajstić information content (AvgIpc) is 3.25. The van der Waals surface area contributed by atoms with Crippen molar-refractivity contribution in [3.8, 4) is 0 Å². The van der Waals surface area contributed by atoms with Crippen LogP contribution in [0.1, 0.15) is 16.1 Å². The molecule has 1 aliphatic heterocycles. The second kappa shape index (κ2) is 8.52. The van der Waals surface area contributed by atoms with Crippen molar-refractivity contribution in [3.05, 3.63) is 43.5 Å². The first-order valence-corrected chi connectivity index (χ1v) is 10.2. The van der Waals surface area contributed by atoms with Gasteiger partial charge in [-0.25, -0.2) is 4.79 Å². The fourth-order valence-electron chi connectivity index (χ4n) is 2.57. The number of hydrogen-bond donors (Lipinski definition) is 2. The number of amides is 2. The van der Waals surface area contributed by atoms with E-state index in [1.54, 1.807) is 0 Å². The summed E-state index contributed by atoms with van der Waals surface area (Å²) in [7, 11) is 0. The summed E-state index contributed by atoms with van der Waals surface area (Å²) in [6, 6.07) is 0.847. The van der Waals surface area contributed by atoms with E-state index in [1.165, 1.54) is 23.4 Å². The number of carbonyl (C=O) groups is 2. The Bertz CT molecular complexity index is 934. The van der Waals surface area contributed by atoms with Gasteiger partial charge >= 0.3 is 6.09 Å². The van der Waals surface area contributed by atoms with Gasteiger partial charge in [-0.2, -0.15) is 0 Å². The SMILES string of the molecule is O=C(NC1CCN(C(=O)O)C1)c1cc([N+](=O)[O-])c(Sc2c(Cl)cncc2Cl)s1. The molecule has 2 amide bonds. The number of aromatic nitrogens is 1. The van der Waals surface area contributed by atoms with Crippen LogP contribution in [0.5, 0.6) is 0 Å². The maximum Gasteiger partial charge on any atom is 0.407 e. The second-order valence-corrected chi connectivity index (χ2v) is 8.91. The molecule has 28 heavy (non-hydrogen) atoms. The van der Waals surface area contributed by atoms with E-state index in [1.807, 2.05) is 0 Å². The highest BCUT2D eigenvalue weighted by molar-refractivity contribution is 8.01. The van der Waals surface area contributed by atoms with Gasteiger partial charge < -0.3 is 15.3 Å². The molecular weight excluding hydrogens is 451 g/mol. The number of halogens is 2. The van der Waals surface area contributed by atoms with Crippen molar-refractivity contribution in [1.82, 2.24) is 15.2 Å². The number of nitrogens with one attached hydrogen (secondary N) is 1. The number of likely N-dealkylation sites (tertiary alicyclic amines) is 1. The minimum absolute atomic E-state index is 0.143. The Balaban J connectivity index is 1.80. The third-order valence-electron chi connectivity index (χ3n) is 3.90. The first-order chi connectivity index (χ1) is 13.3. The standard InChI is InChI=1S/C15H12Cl2N4O5S2/c16-8-4-18-5-9(17)12(8)28-14-10(21(25)26)3-11(27-14)13(22)19-7-1-2-20(6-7)15(23)24/h3-5,7H,1-2,6H2,(H,19,22)(H,23,24). The highest BCUT2D eigenvalue weighted by Crippen LogP contribution is 2.45. The summed E-state index contributed by atoms with van der Waals surface area (Å²) in [6.07, 6.45) is 2.18. The molecule has 0 bridgehead atoms. The van der Waals surface area contributed by atoms with Gasteiger partial charge in [0.15, 0.2) is 0 Å². The van der Waals surface area contributed by atoms with Gasteiger partial charge in [0.25, 0.3) is 11.6 Å². The van der Waals surface area contributed by atoms with Gasteiger partial charge in [-0.3, -0.25) is 19.9 Å². The molecule has 9 nitrogen and oxygen atoms in total. The molecule has 1 aliphatic rings. The molecular formula is C15H12Cl2N4O5S2. The highest BCUT2D eigenvalue weighted by Gasteiger charge is 2.29. The minimum atomic E-state index is -1.05. The zero-order valence-corrected chi connectivity index (χ0v) is 17.1. The molecule has 3 heterocycles. The van der Waals surface area contributed by atoms with E-state index in [-0.39, 0.29) is 37.4 Å². The maximum absolute atomic E-state index is 12.5. The fourth-order valence-corrected chi connectivity index (χ4v) is 5.34. The van der Waals surface area contributed by atoms with E-state index in [9.17, 15) is 19.7 Å². The summed E-state index contributed by atoms with van der Waals surface area (Å²) >= 11 is 14.1. The van der Waals surface area contributed by atoms with Gasteiger partial charge in [0.1, 0.15) is 9.09 Å². The molecule has 1 saturated heterocycles. The third-order valence-corrected chi connectivity index (χ3v) is 7.15. The van der Waals surface area contributed by atoms with Gasteiger partial charge in [0, 0.05) is 37.6 Å². The number of nitrogens with zero attached hydrogens (tertiary/aromatic N) is 3. The van der Waals surface area contributed by atoms with E-state index < -0.39 is 16.9 Å². The van der Waals surface area contributed by atoms with Crippen LogP contribution in [0.2, 0.25) is 10.0 Å². The largest absolute Gasteiger partial charge is 0.465 e. The highest BCUT2D eigenvalue weighted by atomic mass is 35.5. The van der Waals surface area contributed by atoms with Crippen molar-refractivity contribution in [2.75, 3.05) is 13.1 Å². The average molecular weight is 463 g/mol. The van der Waals surface area contributed by atoms with Crippen molar-refractivity contribution in [2.24, 2.45) is 0 Å². The first-order valence-electron chi connectivity index (χ1n) is 7.80. The van der Waals surface area contributed by atoms with Crippen LogP contribution in [0.3, 0.4) is 0 Å². The fraction of sp³-hybridized carbons (Fsp3) is 0.267. The van der Waals surface area contributed by atoms with Crippen molar-refractivity contribution < 1.29 is 19.6 Å². The summed E-state index contributed by atoms with van der Waals surface area (Å²) in [5.41, 5.74) is -0.234. The number of thiophene rings is 1. The van der Waals surface area contributed by atoms with Crippen LogP contribution in [0, 0.1) is 10.1 Å². The number of rotatable bonds is 5. The van der Waals surface area contributed by atoms with Crippen molar-refractivity contribution in [3.63, 3.8) is 0 Å². The molecule has 2 aromatic rings. The van der Waals surface area contributed by atoms with Crippen LogP contribution in [0.25, 0.3) is 0 Å². The van der Waals surface area contributed by atoms with Crippen LogP contribution in [-0.4, -0.2) is 51.0 Å². The van der Waals surface area contributed by atoms with Gasteiger partial charge in [-0.15, -0.1) is 11.3 Å². The molecule has 148 valence electrons. The van der Waals surface area contributed by atoms with E-state index in [4.69, 9.17) is 28.3 Å². The summed E-state index contributed by atoms with van der Waals surface area (Å²) in [6.45, 7) is 0.503. The van der Waals surface area contributed by atoms with E-state index >= 15 is 0 Å². The zero-order chi connectivity index (χ0) is 20.4. The summed E-state index contributed by atoms with van der Waals surface area (Å²) in [4.78, 5) is 39.9. The molecule has 0 spiro atoms. The number of carbonyl (C=O) groups excluding carboxylic acids is 1. The van der Waals surface area contributed by atoms with Crippen LogP contribution >= 0.6 is 46.3 Å². The van der Waals surface area contributed by atoms with Crippen LogP contribution in [0.15, 0.2) is 27.6 Å². The van der Waals surface area contributed by atoms with Crippen molar-refractivity contribution >= 4 is 64.0 Å². The monoisotopic (exact) mass is 462 g/mol. The summed E-state index contributed by atoms with van der Waals surface area (Å²) in [5.74, 6) is -0.496. The number of carboxylic acid groups (broad SMARTS) is 1. The molecule has 0 saturated carbocycles. The van der Waals surface area contributed by atoms with Crippen molar-refractivity contribution in [2.45, 2.75) is 21.6 Å². The Kier molecular flexibility index (Phi) is 6.28. The minimum Gasteiger partial charge on any atom is -0.465 e. The number of nitro groups is 1. The molecule has 0 aliphatic carbocycles. The van der Waals surface area contributed by atoms with Crippen LogP contribution < -0.4 is 5.32 Å². The Morgan fingerprint density at radius 3 is 2.64 bits per heavy atom. The predicted molar refractivity (Wildman–Crippen MR) is 105 cm³/mol. The lowest BCUT2D eigenvalue weighted by Gasteiger charge is -2.13. The molecule has 3 rings (SSSR count). The lowest BCUT2D eigenvalue weighted by atomic mass is 10.2. The maximum atomic E-state index is 12.5. The smallest absolute Gasteiger partial charge is 0.407 e. The quantitative estimate of drug-likeness (QED) is 0.507. The topological polar surface area (TPSA) is 126 Å². The lowest BCUT2D eigenvalue weighted by molar-refractivity contribution is -0.387. The van der Waals surface area contributed by atoms with Crippen LogP contribution in [0.4, 0.5) is 10.5 Å². The normalized spacial score (nSPS) is 16.2. The molecule has 0 radical (unpaired) electrons. The molecule has 13 heteroatoms. The number of pyridine rings is 1. The van der Waals surface area contributed by atoms with Gasteiger partial charge in [0.05, 0.1) is 19.9 Å². The second-order valence-electron chi connectivity index (χ2n) is 5.76. The molecule has 1 unspecified atom stereocenters. The zero-order valence-electron chi connectivity index (χ0n) is 13.9. The molecule has 2 aromatic heterocycles. The van der Waals surface area contributed by atoms with Crippen LogP contribution in [-0.2, 0) is 0 Å². The van der Waals surface area contributed by atoms with Gasteiger partial charge in [0.2, 0.25) is 0 Å². The van der Waals surface area contributed by atoms with E-state index in [0.717, 1.165) is 23.1 Å². The molecule has 1 fully saturated rings. The molecule has 2 N–H and O–H groups in total. The Hall–Kier alpha value is -2.08. The summed E-state index contributed by atoms with van der Waals surface area (Å²) < 4.78 is 0.253. The summed E-state index contributed by atoms with van der Waals surface area (Å²) in [5, 5.41) is 23.6. The van der Waals surface area contributed by atoms with Gasteiger partial charge in [-0.1, -0.05) is 35.0 Å². The Labute approximate surface area is 176 Å². The van der Waals surface area contributed by atoms with Gasteiger partial charge in [-0.05, 0) is 6.42 Å². The molecule has 1 atom stereocenters. The lowest BCUT2D eigenvalue weighted by Crippen LogP contribution is -2.37. The first kappa shape index (κ1) is 20.6.